The summed E-state index contributed by atoms with van der Waals surface area (Å²) in [5.74, 6) is 0.547. The van der Waals surface area contributed by atoms with Gasteiger partial charge >= 0.3 is 0 Å². The molecule has 2 heterocycles. The van der Waals surface area contributed by atoms with Crippen molar-refractivity contribution in [3.05, 3.63) is 83.9 Å². The number of nitrogens with zero attached hydrogens (tertiary/aromatic N) is 2. The number of carbonyl (C=O) groups excluding carboxylic acids is 1. The second-order valence-electron chi connectivity index (χ2n) is 9.43. The Kier molecular flexibility index (Phi) is 10.1. The Balaban J connectivity index is 0.000000214. The van der Waals surface area contributed by atoms with E-state index < -0.39 is 0 Å². The van der Waals surface area contributed by atoms with Crippen molar-refractivity contribution in [3.63, 3.8) is 0 Å². The molecule has 5 rings (SSSR count). The van der Waals surface area contributed by atoms with Crippen LogP contribution in [0.5, 0.6) is 0 Å². The van der Waals surface area contributed by atoms with Crippen LogP contribution in [0, 0.1) is 17.9 Å². The maximum Gasteiger partial charge on any atom is 0.162 e. The summed E-state index contributed by atoms with van der Waals surface area (Å²) in [6.07, 6.45) is 9.51. The minimum atomic E-state index is 0. The number of ketones is 1. The molecule has 0 fully saturated rings. The van der Waals surface area contributed by atoms with Gasteiger partial charge in [0.25, 0.3) is 0 Å². The molecule has 0 unspecified atom stereocenters. The minimum Gasteiger partial charge on any atom is -0.512 e. The number of fused-ring (bicyclic) bond motifs is 4. The van der Waals surface area contributed by atoms with Crippen molar-refractivity contribution in [1.29, 1.82) is 0 Å². The average Bonchev–Trinajstić information content (AvgIpc) is 2.91. The minimum absolute atomic E-state index is 0. The number of aromatic nitrogens is 2. The summed E-state index contributed by atoms with van der Waals surface area (Å²) in [5, 5.41) is 13.5. The largest absolute Gasteiger partial charge is 0.512 e. The standard InChI is InChI=1S/C19H11N2.C13H24O2.Ir/c1-4-12-5-2-7-15-18(12)13(6-1)10-16-14-8-3-9-20-17(14)11-21-19(15)16;1-5-10(6-2)12(14)9-13(15)11(7-3)8-4;/h1-6,8-9,11H,10H2;9-11,14H,5-8H2,1-4H3;/q-1;;/b;12-9-;. The summed E-state index contributed by atoms with van der Waals surface area (Å²) in [6, 6.07) is 18.1. The van der Waals surface area contributed by atoms with E-state index in [9.17, 15) is 9.90 Å². The number of carbonyl (C=O) groups is 1. The molecule has 1 radical (unpaired) electrons. The number of aliphatic hydroxyl groups is 1. The Morgan fingerprint density at radius 2 is 1.73 bits per heavy atom. The van der Waals surface area contributed by atoms with Gasteiger partial charge in [-0.3, -0.25) is 9.78 Å². The normalized spacial score (nSPS) is 12.2. The second-order valence-corrected chi connectivity index (χ2v) is 9.43. The van der Waals surface area contributed by atoms with Crippen molar-refractivity contribution in [2.24, 2.45) is 11.8 Å². The maximum atomic E-state index is 11.7. The van der Waals surface area contributed by atoms with Crippen LogP contribution in [0.25, 0.3) is 32.9 Å². The number of aliphatic hydroxyl groups excluding tert-OH is 1. The van der Waals surface area contributed by atoms with Crippen LogP contribution in [-0.4, -0.2) is 20.9 Å². The van der Waals surface area contributed by atoms with E-state index in [2.05, 4.69) is 46.4 Å². The Labute approximate surface area is 233 Å². The molecule has 4 nitrogen and oxygen atoms in total. The summed E-state index contributed by atoms with van der Waals surface area (Å²) in [6.45, 7) is 8.07. The zero-order valence-electron chi connectivity index (χ0n) is 22.0. The molecule has 4 aromatic rings. The predicted molar refractivity (Wildman–Crippen MR) is 148 cm³/mol. The fourth-order valence-electron chi connectivity index (χ4n) is 5.16. The number of allylic oxidation sites excluding steroid dienone is 2. The first kappa shape index (κ1) is 28.7. The van der Waals surface area contributed by atoms with Crippen LogP contribution in [0.4, 0.5) is 0 Å². The first-order chi connectivity index (χ1) is 17.5. The quantitative estimate of drug-likeness (QED) is 0.108. The fraction of sp³-hybridized carbons (Fsp3) is 0.344. The second kappa shape index (κ2) is 13.1. The molecule has 0 aliphatic heterocycles. The molecule has 2 aromatic heterocycles. The molecule has 0 amide bonds. The first-order valence-electron chi connectivity index (χ1n) is 13.1. The maximum absolute atomic E-state index is 11.7. The van der Waals surface area contributed by atoms with Crippen LogP contribution in [0.1, 0.15) is 64.5 Å². The van der Waals surface area contributed by atoms with Gasteiger partial charge < -0.3 is 10.1 Å². The summed E-state index contributed by atoms with van der Waals surface area (Å²) < 4.78 is 0. The predicted octanol–water partition coefficient (Wildman–Crippen LogP) is 8.02. The number of hydrogen-bond donors (Lipinski definition) is 1. The van der Waals surface area contributed by atoms with Crippen molar-refractivity contribution in [1.82, 2.24) is 9.97 Å². The number of rotatable bonds is 7. The SMILES string of the molecule is CCC(CC)C(=O)/C=C(\O)C(CC)CC.[Ir].[c-]1ccc2cccc3c2c1-c1ncc2ncccc2c1C3. The van der Waals surface area contributed by atoms with Crippen LogP contribution >= 0.6 is 0 Å². The van der Waals surface area contributed by atoms with E-state index >= 15 is 0 Å². The molecule has 37 heavy (non-hydrogen) atoms. The third-order valence-electron chi connectivity index (χ3n) is 7.37. The number of benzene rings is 2. The average molecular weight is 672 g/mol. The van der Waals surface area contributed by atoms with Crippen LogP contribution in [0.3, 0.4) is 0 Å². The molecule has 0 spiro atoms. The van der Waals surface area contributed by atoms with Gasteiger partial charge in [-0.05, 0) is 49.3 Å². The monoisotopic (exact) mass is 672 g/mol. The van der Waals surface area contributed by atoms with Crippen LogP contribution in [-0.2, 0) is 31.3 Å². The zero-order valence-corrected chi connectivity index (χ0v) is 24.4. The fourth-order valence-corrected chi connectivity index (χ4v) is 5.16. The van der Waals surface area contributed by atoms with Gasteiger partial charge in [0.15, 0.2) is 5.78 Å². The van der Waals surface area contributed by atoms with E-state index in [1.165, 1.54) is 33.4 Å². The van der Waals surface area contributed by atoms with Gasteiger partial charge in [0.05, 0.1) is 11.3 Å². The van der Waals surface area contributed by atoms with E-state index in [1.807, 2.05) is 52.2 Å². The molecule has 0 saturated carbocycles. The van der Waals surface area contributed by atoms with E-state index in [0.717, 1.165) is 48.9 Å². The summed E-state index contributed by atoms with van der Waals surface area (Å²) in [5.41, 5.74) is 5.76. The number of pyridine rings is 2. The Bertz CT molecular complexity index is 1400. The van der Waals surface area contributed by atoms with Crippen LogP contribution in [0.15, 0.2) is 66.7 Å². The van der Waals surface area contributed by atoms with E-state index in [4.69, 9.17) is 0 Å². The summed E-state index contributed by atoms with van der Waals surface area (Å²) >= 11 is 0. The van der Waals surface area contributed by atoms with Crippen molar-refractivity contribution in [2.75, 3.05) is 0 Å². The van der Waals surface area contributed by atoms with Gasteiger partial charge in [-0.15, -0.1) is 29.1 Å². The van der Waals surface area contributed by atoms with Crippen molar-refractivity contribution < 1.29 is 30.0 Å². The molecule has 0 bridgehead atoms. The molecular weight excluding hydrogens is 637 g/mol. The molecule has 195 valence electrons. The van der Waals surface area contributed by atoms with Gasteiger partial charge in [-0.25, -0.2) is 0 Å². The molecular formula is C32H35IrN2O2-. The Hall–Kier alpha value is -2.88. The molecule has 1 aliphatic rings. The molecule has 0 atom stereocenters. The van der Waals surface area contributed by atoms with E-state index in [1.54, 1.807) is 0 Å². The van der Waals surface area contributed by atoms with Gasteiger partial charge in [0.1, 0.15) is 0 Å². The third kappa shape index (κ3) is 6.00. The van der Waals surface area contributed by atoms with Gasteiger partial charge in [0, 0.05) is 50.4 Å². The van der Waals surface area contributed by atoms with Crippen molar-refractivity contribution in [2.45, 2.75) is 59.8 Å². The molecule has 5 heteroatoms. The summed E-state index contributed by atoms with van der Waals surface area (Å²) in [4.78, 5) is 20.8. The summed E-state index contributed by atoms with van der Waals surface area (Å²) in [7, 11) is 0. The van der Waals surface area contributed by atoms with Crippen molar-refractivity contribution in [3.8, 4) is 11.3 Å². The van der Waals surface area contributed by atoms with Gasteiger partial charge in [0.2, 0.25) is 0 Å². The van der Waals surface area contributed by atoms with E-state index in [0.29, 0.717) is 0 Å². The molecule has 0 saturated heterocycles. The topological polar surface area (TPSA) is 63.1 Å². The molecule has 1 aliphatic carbocycles. The number of hydrogen-bond acceptors (Lipinski definition) is 4. The van der Waals surface area contributed by atoms with Crippen LogP contribution in [0.2, 0.25) is 0 Å². The van der Waals surface area contributed by atoms with Crippen molar-refractivity contribution >= 4 is 27.5 Å². The first-order valence-corrected chi connectivity index (χ1v) is 13.1. The Morgan fingerprint density at radius 3 is 2.43 bits per heavy atom. The molecule has 1 N–H and O–H groups in total. The third-order valence-corrected chi connectivity index (χ3v) is 7.37. The van der Waals surface area contributed by atoms with E-state index in [-0.39, 0.29) is 43.5 Å². The molecule has 2 aromatic carbocycles. The smallest absolute Gasteiger partial charge is 0.162 e. The van der Waals surface area contributed by atoms with Gasteiger partial charge in [-0.2, -0.15) is 0 Å². The van der Waals surface area contributed by atoms with Gasteiger partial charge in [-0.1, -0.05) is 68.5 Å². The Morgan fingerprint density at radius 1 is 1.00 bits per heavy atom. The van der Waals surface area contributed by atoms with Crippen LogP contribution < -0.4 is 0 Å². The zero-order chi connectivity index (χ0) is 25.7.